The van der Waals surface area contributed by atoms with Gasteiger partial charge >= 0.3 is 0 Å². The summed E-state index contributed by atoms with van der Waals surface area (Å²) in [6, 6.07) is 28.8. The number of methoxy groups -OCH3 is 1. The Balaban J connectivity index is 0.863. The number of amides is 4. The molecule has 4 heterocycles. The summed E-state index contributed by atoms with van der Waals surface area (Å²) in [6.07, 6.45) is 8.33. The van der Waals surface area contributed by atoms with Crippen molar-refractivity contribution >= 4 is 52.3 Å². The van der Waals surface area contributed by atoms with E-state index in [1.807, 2.05) is 96.4 Å². The van der Waals surface area contributed by atoms with Gasteiger partial charge in [-0.1, -0.05) is 50.2 Å². The predicted molar refractivity (Wildman–Crippen MR) is 299 cm³/mol. The molecule has 0 saturated heterocycles. The third kappa shape index (κ3) is 13.0. The standard InChI is InChI=1S/C63H73N5O10/c1-6-64-78-26-14-13-18-51(69)17-9-12-21-60(71)65-41(4)56(70)28-40(3)61(72)66-48-30-42(37-76-57-34-44-22-24-49-32-46-15-7-10-19-54(46)67(49)62(73)52(44)27-39(57)2)29-43(31-48)38-77-59-35-45-23-25-50-33-47-16-8-11-20-55(47)68(50)63(74)53(45)36-58(59)75-5/h7-8,10-11,15-16,19-20,27,29-31,34-36,40-41,49-50,64H,6,9,12-14,17-18,21-26,28,32-33,37-38H2,1-5H3,(H,65,71)(H,66,72)/t40-,41+,49-,50-/m1/s1. The Morgan fingerprint density at radius 2 is 1.23 bits per heavy atom. The fraction of sp³-hybridized carbons (Fsp3) is 0.429. The minimum absolute atomic E-state index is 0.00424. The summed E-state index contributed by atoms with van der Waals surface area (Å²) >= 11 is 0. The summed E-state index contributed by atoms with van der Waals surface area (Å²) in [6.45, 7) is 8.68. The molecular weight excluding hydrogens is 987 g/mol. The number of nitrogens with zero attached hydrogens (tertiary/aromatic N) is 2. The van der Waals surface area contributed by atoms with Crippen molar-refractivity contribution in [3.63, 3.8) is 0 Å². The molecule has 0 aromatic heterocycles. The number of nitrogens with one attached hydrogen (secondary N) is 3. The van der Waals surface area contributed by atoms with Gasteiger partial charge in [-0.2, -0.15) is 0 Å². The number of Topliss-reactive ketones (excluding diaryl/α,β-unsaturated/α-hetero) is 2. The topological polar surface area (TPSA) is 182 Å². The van der Waals surface area contributed by atoms with Gasteiger partial charge in [-0.25, -0.2) is 5.48 Å². The van der Waals surface area contributed by atoms with E-state index < -0.39 is 12.0 Å². The Morgan fingerprint density at radius 3 is 1.85 bits per heavy atom. The van der Waals surface area contributed by atoms with Gasteiger partial charge in [-0.15, -0.1) is 0 Å². The quantitative estimate of drug-likeness (QED) is 0.0374. The lowest BCUT2D eigenvalue weighted by Gasteiger charge is -2.23. The van der Waals surface area contributed by atoms with Crippen molar-refractivity contribution in [2.24, 2.45) is 5.92 Å². The molecule has 5 aromatic carbocycles. The van der Waals surface area contributed by atoms with E-state index in [0.29, 0.717) is 72.8 Å². The van der Waals surface area contributed by atoms with Crippen LogP contribution in [0.1, 0.15) is 145 Å². The predicted octanol–water partition coefficient (Wildman–Crippen LogP) is 10.1. The zero-order valence-corrected chi connectivity index (χ0v) is 45.7. The largest absolute Gasteiger partial charge is 0.493 e. The van der Waals surface area contributed by atoms with E-state index in [0.717, 1.165) is 90.7 Å². The summed E-state index contributed by atoms with van der Waals surface area (Å²) < 4.78 is 18.9. The maximum atomic E-state index is 14.2. The summed E-state index contributed by atoms with van der Waals surface area (Å²) in [7, 11) is 1.55. The van der Waals surface area contributed by atoms with E-state index in [4.69, 9.17) is 19.0 Å². The van der Waals surface area contributed by atoms with Crippen LogP contribution >= 0.6 is 0 Å². The van der Waals surface area contributed by atoms with Crippen LogP contribution in [0.4, 0.5) is 17.1 Å². The van der Waals surface area contributed by atoms with Crippen molar-refractivity contribution in [3.8, 4) is 17.2 Å². The number of fused-ring (bicyclic) bond motifs is 8. The van der Waals surface area contributed by atoms with Gasteiger partial charge in [0, 0.05) is 78.4 Å². The smallest absolute Gasteiger partial charge is 0.258 e. The monoisotopic (exact) mass is 1060 g/mol. The zero-order chi connectivity index (χ0) is 54.9. The van der Waals surface area contributed by atoms with E-state index in [1.54, 1.807) is 27.0 Å². The van der Waals surface area contributed by atoms with E-state index >= 15 is 0 Å². The fourth-order valence-corrected chi connectivity index (χ4v) is 11.4. The van der Waals surface area contributed by atoms with Gasteiger partial charge in [-0.3, -0.25) is 28.8 Å². The van der Waals surface area contributed by atoms with Crippen molar-refractivity contribution in [1.29, 1.82) is 0 Å². The van der Waals surface area contributed by atoms with Crippen LogP contribution in [0.15, 0.2) is 91.0 Å². The molecule has 3 N–H and O–H groups in total. The van der Waals surface area contributed by atoms with Gasteiger partial charge in [0.25, 0.3) is 11.8 Å². The molecule has 9 rings (SSSR count). The van der Waals surface area contributed by atoms with E-state index in [9.17, 15) is 28.8 Å². The molecule has 4 atom stereocenters. The van der Waals surface area contributed by atoms with E-state index in [-0.39, 0.29) is 73.3 Å². The van der Waals surface area contributed by atoms with Gasteiger partial charge in [0.2, 0.25) is 11.8 Å². The number of aryl methyl sites for hydroxylation is 3. The molecule has 0 spiro atoms. The molecule has 0 fully saturated rings. The lowest BCUT2D eigenvalue weighted by atomic mass is 9.98. The second-order valence-corrected chi connectivity index (χ2v) is 21.4. The third-order valence-corrected chi connectivity index (χ3v) is 15.6. The second kappa shape index (κ2) is 25.4. The normalized spacial score (nSPS) is 16.8. The lowest BCUT2D eigenvalue weighted by molar-refractivity contribution is -0.129. The molecule has 0 bridgehead atoms. The highest BCUT2D eigenvalue weighted by Gasteiger charge is 2.39. The average molecular weight is 1060 g/mol. The molecular formula is C63H73N5O10. The minimum atomic E-state index is -0.802. The van der Waals surface area contributed by atoms with E-state index in [2.05, 4.69) is 28.2 Å². The number of para-hydroxylation sites is 2. The third-order valence-electron chi connectivity index (χ3n) is 15.6. The second-order valence-electron chi connectivity index (χ2n) is 21.4. The number of anilines is 3. The van der Waals surface area contributed by atoms with Gasteiger partial charge in [0.05, 0.1) is 19.8 Å². The Labute approximate surface area is 457 Å². The molecule has 5 aromatic rings. The van der Waals surface area contributed by atoms with Crippen molar-refractivity contribution in [2.45, 2.75) is 149 Å². The number of carbonyl (C=O) groups is 6. The number of ether oxygens (including phenoxy) is 3. The molecule has 15 nitrogen and oxygen atoms in total. The first-order valence-corrected chi connectivity index (χ1v) is 27.8. The number of rotatable bonds is 25. The molecule has 410 valence electrons. The van der Waals surface area contributed by atoms with Gasteiger partial charge in [0.1, 0.15) is 24.7 Å². The molecule has 0 radical (unpaired) electrons. The highest BCUT2D eigenvalue weighted by Crippen LogP contribution is 2.42. The van der Waals surface area contributed by atoms with Crippen LogP contribution in [0.3, 0.4) is 0 Å². The van der Waals surface area contributed by atoms with Crippen LogP contribution in [0.2, 0.25) is 0 Å². The molecule has 0 saturated carbocycles. The van der Waals surface area contributed by atoms with Crippen LogP contribution in [0, 0.1) is 12.8 Å². The van der Waals surface area contributed by atoms with Gasteiger partial charge < -0.3 is 39.5 Å². The maximum absolute atomic E-state index is 14.2. The first-order valence-electron chi connectivity index (χ1n) is 27.8. The SMILES string of the molecule is CCNOCCCCC(=O)CCCCC(=O)N[C@@H](C)C(=O)C[C@@H](C)C(=O)Nc1cc(COc2cc3c(cc2C)C(=O)N2c4ccccc4C[C@H]2CC3)cc(COc2cc3c(cc2OC)C(=O)N2c4ccccc4C[C@H]2CC3)c1. The fourth-order valence-electron chi connectivity index (χ4n) is 11.4. The van der Waals surface area contributed by atoms with Gasteiger partial charge in [0.15, 0.2) is 17.3 Å². The van der Waals surface area contributed by atoms with Crippen molar-refractivity contribution < 1.29 is 47.8 Å². The van der Waals surface area contributed by atoms with Crippen LogP contribution in [-0.2, 0) is 62.9 Å². The molecule has 0 aliphatic carbocycles. The first kappa shape index (κ1) is 55.4. The lowest BCUT2D eigenvalue weighted by Crippen LogP contribution is -2.39. The molecule has 0 unspecified atom stereocenters. The Morgan fingerprint density at radius 1 is 0.667 bits per heavy atom. The number of carbonyl (C=O) groups excluding carboxylic acids is 6. The number of hydroxylamine groups is 1. The first-order chi connectivity index (χ1) is 37.8. The van der Waals surface area contributed by atoms with Crippen molar-refractivity contribution in [1.82, 2.24) is 10.8 Å². The number of benzene rings is 5. The number of hydrogen-bond donors (Lipinski definition) is 3. The molecule has 4 aliphatic rings. The number of unbranched alkanes of at least 4 members (excludes halogenated alkanes) is 2. The summed E-state index contributed by atoms with van der Waals surface area (Å²) in [4.78, 5) is 89.8. The highest BCUT2D eigenvalue weighted by molar-refractivity contribution is 6.10. The van der Waals surface area contributed by atoms with Crippen LogP contribution in [-0.4, -0.2) is 73.6 Å². The molecule has 4 aliphatic heterocycles. The highest BCUT2D eigenvalue weighted by atomic mass is 16.6. The van der Waals surface area contributed by atoms with Crippen LogP contribution < -0.4 is 40.1 Å². The number of ketones is 2. The minimum Gasteiger partial charge on any atom is -0.493 e. The van der Waals surface area contributed by atoms with Gasteiger partial charge in [-0.05, 0) is 172 Å². The number of hydrogen-bond acceptors (Lipinski definition) is 11. The van der Waals surface area contributed by atoms with E-state index in [1.165, 1.54) is 11.1 Å². The summed E-state index contributed by atoms with van der Waals surface area (Å²) in [5.74, 6) is -0.000504. The summed E-state index contributed by atoms with van der Waals surface area (Å²) in [5.41, 5.74) is 13.0. The Bertz CT molecular complexity index is 3060. The maximum Gasteiger partial charge on any atom is 0.258 e. The van der Waals surface area contributed by atoms with Crippen molar-refractivity contribution in [2.75, 3.05) is 35.4 Å². The Kier molecular flexibility index (Phi) is 18.0. The van der Waals surface area contributed by atoms with Crippen LogP contribution in [0.25, 0.3) is 0 Å². The van der Waals surface area contributed by atoms with Crippen LogP contribution in [0.5, 0.6) is 17.2 Å². The average Bonchev–Trinajstić information content (AvgIpc) is 3.99. The summed E-state index contributed by atoms with van der Waals surface area (Å²) in [5, 5.41) is 5.80. The Hall–Kier alpha value is -7.36. The molecule has 15 heteroatoms. The molecule has 78 heavy (non-hydrogen) atoms. The van der Waals surface area contributed by atoms with Crippen molar-refractivity contribution in [3.05, 3.63) is 141 Å². The zero-order valence-electron chi connectivity index (χ0n) is 45.7. The molecule has 4 amide bonds.